The maximum atomic E-state index is 13.3. The number of aromatic amines is 1. The molecule has 2 fully saturated rings. The van der Waals surface area contributed by atoms with Crippen LogP contribution < -0.4 is 10.1 Å². The fourth-order valence-corrected chi connectivity index (χ4v) is 5.63. The van der Waals surface area contributed by atoms with Gasteiger partial charge in [0.2, 0.25) is 0 Å². The summed E-state index contributed by atoms with van der Waals surface area (Å²) in [5.74, 6) is 0.0135. The summed E-state index contributed by atoms with van der Waals surface area (Å²) in [4.78, 5) is 30.7. The Kier molecular flexibility index (Phi) is 8.38. The second-order valence-corrected chi connectivity index (χ2v) is 13.7. The molecule has 5 rings (SSSR count). The molecule has 244 valence electrons. The van der Waals surface area contributed by atoms with Crippen molar-refractivity contribution in [2.75, 3.05) is 13.1 Å². The second kappa shape index (κ2) is 11.7. The predicted molar refractivity (Wildman–Crippen MR) is 158 cm³/mol. The molecule has 1 saturated carbocycles. The number of rotatable bonds is 7. The third-order valence-electron chi connectivity index (χ3n) is 8.48. The van der Waals surface area contributed by atoms with E-state index in [4.69, 9.17) is 9.47 Å². The largest absolute Gasteiger partial charge is 0.490 e. The average molecular weight is 632 g/mol. The van der Waals surface area contributed by atoms with Crippen molar-refractivity contribution in [2.45, 2.75) is 97.1 Å². The van der Waals surface area contributed by atoms with Crippen LogP contribution in [0.1, 0.15) is 87.9 Å². The summed E-state index contributed by atoms with van der Waals surface area (Å²) in [5.41, 5.74) is -0.612. The number of halogens is 3. The van der Waals surface area contributed by atoms with E-state index in [9.17, 15) is 22.8 Å². The molecule has 0 unspecified atom stereocenters. The highest BCUT2D eigenvalue weighted by Crippen LogP contribution is 2.45. The van der Waals surface area contributed by atoms with Gasteiger partial charge in [-0.3, -0.25) is 9.89 Å². The van der Waals surface area contributed by atoms with Crippen molar-refractivity contribution in [2.24, 2.45) is 5.41 Å². The Hall–Kier alpha value is -4.10. The van der Waals surface area contributed by atoms with Gasteiger partial charge in [-0.1, -0.05) is 0 Å². The maximum Gasteiger partial charge on any atom is 0.410 e. The lowest BCUT2D eigenvalue weighted by Gasteiger charge is -2.53. The number of carbonyl (C=O) groups excluding carboxylic acids is 2. The standard InChI is InChI=1S/C31H40F3N7O4/c1-19-13-22(44-21-9-11-30(12-10-21)17-40(18-30)27(43)45-28(2,3)4)7-8-23(19)41-16-20(14-36-41)25(42)35-15-24-37-26(39-38-24)29(5,6)31(32,33)34/h7-8,13-14,16,21H,9-12,15,17-18H2,1-6H3,(H,35,42)(H,37,38,39). The molecule has 1 aromatic carbocycles. The number of ether oxygens (including phenoxy) is 2. The lowest BCUT2D eigenvalue weighted by molar-refractivity contribution is -0.182. The number of carbonyl (C=O) groups is 2. The van der Waals surface area contributed by atoms with E-state index in [1.54, 1.807) is 15.8 Å². The molecular formula is C31H40F3N7O4. The molecule has 2 aromatic heterocycles. The summed E-state index contributed by atoms with van der Waals surface area (Å²) in [6.07, 6.45) is 2.14. The highest BCUT2D eigenvalue weighted by Gasteiger charge is 2.51. The van der Waals surface area contributed by atoms with Crippen LogP contribution in [0.25, 0.3) is 5.69 Å². The first-order valence-corrected chi connectivity index (χ1v) is 15.0. The number of hydrogen-bond acceptors (Lipinski definition) is 7. The van der Waals surface area contributed by atoms with Crippen LogP contribution >= 0.6 is 0 Å². The second-order valence-electron chi connectivity index (χ2n) is 13.7. The third-order valence-corrected chi connectivity index (χ3v) is 8.48. The highest BCUT2D eigenvalue weighted by molar-refractivity contribution is 5.93. The fourth-order valence-electron chi connectivity index (χ4n) is 5.63. The van der Waals surface area contributed by atoms with Gasteiger partial charge in [-0.25, -0.2) is 14.5 Å². The molecule has 1 aliphatic carbocycles. The molecule has 1 spiro atoms. The number of amides is 2. The number of alkyl halides is 3. The minimum atomic E-state index is -4.52. The van der Waals surface area contributed by atoms with Crippen LogP contribution in [0.5, 0.6) is 5.75 Å². The summed E-state index contributed by atoms with van der Waals surface area (Å²) >= 11 is 0. The number of H-pyrrole nitrogens is 1. The number of aromatic nitrogens is 5. The van der Waals surface area contributed by atoms with Gasteiger partial charge in [0.05, 0.1) is 30.1 Å². The zero-order chi connectivity index (χ0) is 32.8. The molecule has 0 bridgehead atoms. The Morgan fingerprint density at radius 3 is 2.42 bits per heavy atom. The smallest absolute Gasteiger partial charge is 0.410 e. The van der Waals surface area contributed by atoms with E-state index < -0.39 is 28.9 Å². The summed E-state index contributed by atoms with van der Waals surface area (Å²) in [7, 11) is 0. The number of nitrogens with one attached hydrogen (secondary N) is 2. The van der Waals surface area contributed by atoms with Crippen molar-refractivity contribution in [3.8, 4) is 11.4 Å². The molecule has 45 heavy (non-hydrogen) atoms. The summed E-state index contributed by atoms with van der Waals surface area (Å²) in [6.45, 7) is 10.9. The lowest BCUT2D eigenvalue weighted by Crippen LogP contribution is -2.60. The van der Waals surface area contributed by atoms with Gasteiger partial charge in [0.25, 0.3) is 5.91 Å². The molecule has 1 saturated heterocycles. The molecule has 1 aliphatic heterocycles. The molecule has 11 nitrogen and oxygen atoms in total. The van der Waals surface area contributed by atoms with Gasteiger partial charge >= 0.3 is 12.3 Å². The lowest BCUT2D eigenvalue weighted by atomic mass is 9.68. The summed E-state index contributed by atoms with van der Waals surface area (Å²) in [5, 5.41) is 13.1. The van der Waals surface area contributed by atoms with Crippen LogP contribution in [0.3, 0.4) is 0 Å². The minimum Gasteiger partial charge on any atom is -0.490 e. The Morgan fingerprint density at radius 1 is 1.11 bits per heavy atom. The first-order chi connectivity index (χ1) is 20.9. The van der Waals surface area contributed by atoms with Gasteiger partial charge in [-0.2, -0.15) is 23.4 Å². The SMILES string of the molecule is Cc1cc(OC2CCC3(CC2)CN(C(=O)OC(C)(C)C)C3)ccc1-n1cc(C(=O)NCc2nc(C(C)(C)C(F)(F)F)n[nH]2)cn1. The summed E-state index contributed by atoms with van der Waals surface area (Å²) in [6, 6.07) is 5.71. The van der Waals surface area contributed by atoms with Gasteiger partial charge in [0.1, 0.15) is 22.6 Å². The monoisotopic (exact) mass is 631 g/mol. The van der Waals surface area contributed by atoms with E-state index in [2.05, 4.69) is 25.6 Å². The van der Waals surface area contributed by atoms with Gasteiger partial charge in [-0.15, -0.1) is 0 Å². The Labute approximate surface area is 259 Å². The first kappa shape index (κ1) is 32.3. The number of hydrogen-bond donors (Lipinski definition) is 2. The zero-order valence-corrected chi connectivity index (χ0v) is 26.4. The molecule has 3 aromatic rings. The van der Waals surface area contributed by atoms with Crippen LogP contribution in [0, 0.1) is 12.3 Å². The van der Waals surface area contributed by atoms with Crippen LogP contribution in [0.2, 0.25) is 0 Å². The maximum absolute atomic E-state index is 13.3. The minimum absolute atomic E-state index is 0.0939. The van der Waals surface area contributed by atoms with Crippen molar-refractivity contribution in [3.05, 3.63) is 53.4 Å². The normalized spacial score (nSPS) is 17.2. The number of nitrogens with zero attached hydrogens (tertiary/aromatic N) is 5. The summed E-state index contributed by atoms with van der Waals surface area (Å²) < 4.78 is 53.2. The van der Waals surface area contributed by atoms with E-state index in [0.717, 1.165) is 69.6 Å². The van der Waals surface area contributed by atoms with E-state index in [0.29, 0.717) is 0 Å². The van der Waals surface area contributed by atoms with Gasteiger partial charge in [0, 0.05) is 24.7 Å². The van der Waals surface area contributed by atoms with Gasteiger partial charge in [0.15, 0.2) is 5.82 Å². The topological polar surface area (TPSA) is 127 Å². The van der Waals surface area contributed by atoms with Crippen LogP contribution in [-0.4, -0.2) is 72.8 Å². The molecule has 0 atom stereocenters. The first-order valence-electron chi connectivity index (χ1n) is 15.0. The van der Waals surface area contributed by atoms with Crippen LogP contribution in [0.4, 0.5) is 18.0 Å². The fraction of sp³-hybridized carbons (Fsp3) is 0.581. The van der Waals surface area contributed by atoms with E-state index in [1.807, 2.05) is 45.9 Å². The third kappa shape index (κ3) is 7.09. The van der Waals surface area contributed by atoms with Crippen LogP contribution in [0.15, 0.2) is 30.6 Å². The predicted octanol–water partition coefficient (Wildman–Crippen LogP) is 5.63. The number of aryl methyl sites for hydroxylation is 1. The van der Waals surface area contributed by atoms with Gasteiger partial charge in [-0.05, 0) is 91.0 Å². The van der Waals surface area contributed by atoms with Crippen molar-refractivity contribution in [3.63, 3.8) is 0 Å². The Balaban J connectivity index is 1.11. The number of benzene rings is 1. The number of likely N-dealkylation sites (tertiary alicyclic amines) is 1. The van der Waals surface area contributed by atoms with Crippen molar-refractivity contribution >= 4 is 12.0 Å². The molecule has 0 radical (unpaired) electrons. The molecule has 3 heterocycles. The Bertz CT molecular complexity index is 1540. The van der Waals surface area contributed by atoms with Gasteiger partial charge < -0.3 is 19.7 Å². The molecule has 2 amide bonds. The van der Waals surface area contributed by atoms with Crippen molar-refractivity contribution in [1.82, 2.24) is 35.2 Å². The zero-order valence-electron chi connectivity index (χ0n) is 26.4. The van der Waals surface area contributed by atoms with Crippen molar-refractivity contribution in [1.29, 1.82) is 0 Å². The quantitative estimate of drug-likeness (QED) is 0.346. The molecule has 2 N–H and O–H groups in total. The van der Waals surface area contributed by atoms with E-state index in [1.165, 1.54) is 6.20 Å². The average Bonchev–Trinajstić information content (AvgIpc) is 3.60. The highest BCUT2D eigenvalue weighted by atomic mass is 19.4. The molecule has 2 aliphatic rings. The molecular weight excluding hydrogens is 591 g/mol. The van der Waals surface area contributed by atoms with Crippen molar-refractivity contribution < 1.29 is 32.2 Å². The molecule has 14 heteroatoms. The van der Waals surface area contributed by atoms with E-state index >= 15 is 0 Å². The Morgan fingerprint density at radius 2 is 1.80 bits per heavy atom. The van der Waals surface area contributed by atoms with Crippen LogP contribution in [-0.2, 0) is 16.7 Å². The van der Waals surface area contributed by atoms with E-state index in [-0.39, 0.29) is 35.5 Å².